The lowest BCUT2D eigenvalue weighted by Gasteiger charge is -2.20. The van der Waals surface area contributed by atoms with E-state index in [4.69, 9.17) is 5.11 Å². The molecule has 0 amide bonds. The monoisotopic (exact) mass is 337 g/mol. The smallest absolute Gasteiger partial charge is 0.335 e. The van der Waals surface area contributed by atoms with E-state index in [0.29, 0.717) is 12.2 Å². The molecule has 2 aromatic rings. The summed E-state index contributed by atoms with van der Waals surface area (Å²) in [5.74, 6) is -1.67. The molecular weight excluding hydrogens is 325 g/mol. The highest BCUT2D eigenvalue weighted by molar-refractivity contribution is 9.10. The Morgan fingerprint density at radius 2 is 2.05 bits per heavy atom. The van der Waals surface area contributed by atoms with Crippen molar-refractivity contribution in [2.75, 3.05) is 11.9 Å². The Balaban J connectivity index is 2.21. The third-order valence-corrected chi connectivity index (χ3v) is 3.41. The minimum atomic E-state index is -1.13. The van der Waals surface area contributed by atoms with Crippen molar-refractivity contribution in [2.45, 2.75) is 6.54 Å². The minimum absolute atomic E-state index is 0.0536. The van der Waals surface area contributed by atoms with Gasteiger partial charge in [-0.2, -0.15) is 0 Å². The molecule has 5 heteroatoms. The molecule has 2 aromatic carbocycles. The van der Waals surface area contributed by atoms with Crippen molar-refractivity contribution < 1.29 is 14.3 Å². The number of carbonyl (C=O) groups is 1. The Bertz CT molecular complexity index is 646. The molecule has 104 valence electrons. The molecule has 0 heterocycles. The number of hydrogen-bond acceptors (Lipinski definition) is 2. The zero-order valence-electron chi connectivity index (χ0n) is 10.8. The summed E-state index contributed by atoms with van der Waals surface area (Å²) in [5.41, 5.74) is 1.35. The van der Waals surface area contributed by atoms with Crippen molar-refractivity contribution in [2.24, 2.45) is 0 Å². The first-order valence-corrected chi connectivity index (χ1v) is 6.75. The lowest BCUT2D eigenvalue weighted by atomic mass is 10.1. The molecule has 0 fully saturated rings. The van der Waals surface area contributed by atoms with E-state index in [2.05, 4.69) is 15.9 Å². The highest BCUT2D eigenvalue weighted by atomic mass is 79.9. The number of benzene rings is 2. The molecule has 0 aliphatic carbocycles. The van der Waals surface area contributed by atoms with E-state index in [0.717, 1.165) is 16.1 Å². The molecule has 0 radical (unpaired) electrons. The van der Waals surface area contributed by atoms with Crippen LogP contribution in [0, 0.1) is 5.82 Å². The normalized spacial score (nSPS) is 10.3. The van der Waals surface area contributed by atoms with Crippen LogP contribution in [0.1, 0.15) is 15.9 Å². The summed E-state index contributed by atoms with van der Waals surface area (Å²) in [6.07, 6.45) is 0. The van der Waals surface area contributed by atoms with Gasteiger partial charge in [-0.25, -0.2) is 9.18 Å². The average Bonchev–Trinajstić information content (AvgIpc) is 2.38. The fourth-order valence-electron chi connectivity index (χ4n) is 1.94. The van der Waals surface area contributed by atoms with Gasteiger partial charge in [-0.1, -0.05) is 28.1 Å². The van der Waals surface area contributed by atoms with Gasteiger partial charge in [-0.05, 0) is 35.9 Å². The van der Waals surface area contributed by atoms with E-state index in [1.807, 2.05) is 24.3 Å². The van der Waals surface area contributed by atoms with Gasteiger partial charge in [-0.15, -0.1) is 0 Å². The van der Waals surface area contributed by atoms with Gasteiger partial charge in [-0.3, -0.25) is 0 Å². The Morgan fingerprint density at radius 1 is 1.30 bits per heavy atom. The quantitative estimate of drug-likeness (QED) is 0.919. The van der Waals surface area contributed by atoms with E-state index in [1.165, 1.54) is 12.1 Å². The maximum atomic E-state index is 13.9. The van der Waals surface area contributed by atoms with Gasteiger partial charge in [0, 0.05) is 18.1 Å². The number of carboxylic acids is 1. The maximum absolute atomic E-state index is 13.9. The molecule has 0 aliphatic rings. The predicted molar refractivity (Wildman–Crippen MR) is 79.6 cm³/mol. The standard InChI is InChI=1S/C15H13BrFNO2/c1-18(9-10-3-2-4-12(16)7-10)14-6-5-11(15(19)20)8-13(14)17/h2-8H,9H2,1H3,(H,19,20). The van der Waals surface area contributed by atoms with Crippen molar-refractivity contribution in [1.82, 2.24) is 0 Å². The minimum Gasteiger partial charge on any atom is -0.478 e. The summed E-state index contributed by atoms with van der Waals surface area (Å²) in [6, 6.07) is 11.7. The number of rotatable bonds is 4. The van der Waals surface area contributed by atoms with Crippen LogP contribution in [0.5, 0.6) is 0 Å². The fourth-order valence-corrected chi connectivity index (χ4v) is 2.39. The topological polar surface area (TPSA) is 40.5 Å². The summed E-state index contributed by atoms with van der Waals surface area (Å²) < 4.78 is 14.9. The second-order valence-electron chi connectivity index (χ2n) is 4.46. The van der Waals surface area contributed by atoms with Crippen LogP contribution in [0.3, 0.4) is 0 Å². The molecule has 0 saturated carbocycles. The molecule has 0 unspecified atom stereocenters. The van der Waals surface area contributed by atoms with Gasteiger partial charge in [0.2, 0.25) is 0 Å². The lowest BCUT2D eigenvalue weighted by molar-refractivity contribution is 0.0696. The summed E-state index contributed by atoms with van der Waals surface area (Å²) in [4.78, 5) is 12.5. The molecule has 0 aliphatic heterocycles. The number of halogens is 2. The average molecular weight is 338 g/mol. The van der Waals surface area contributed by atoms with Crippen LogP contribution in [0.25, 0.3) is 0 Å². The molecule has 0 bridgehead atoms. The molecular formula is C15H13BrFNO2. The van der Waals surface area contributed by atoms with Gasteiger partial charge in [0.15, 0.2) is 0 Å². The molecule has 0 saturated heterocycles. The zero-order valence-corrected chi connectivity index (χ0v) is 12.4. The predicted octanol–water partition coefficient (Wildman–Crippen LogP) is 3.92. The van der Waals surface area contributed by atoms with Crippen LogP contribution in [-0.2, 0) is 6.54 Å². The van der Waals surface area contributed by atoms with Crippen LogP contribution in [-0.4, -0.2) is 18.1 Å². The maximum Gasteiger partial charge on any atom is 0.335 e. The summed E-state index contributed by atoms with van der Waals surface area (Å²) in [6.45, 7) is 0.531. The Morgan fingerprint density at radius 3 is 2.65 bits per heavy atom. The second kappa shape index (κ2) is 6.05. The van der Waals surface area contributed by atoms with Gasteiger partial charge in [0.25, 0.3) is 0 Å². The van der Waals surface area contributed by atoms with Crippen LogP contribution >= 0.6 is 15.9 Å². The van der Waals surface area contributed by atoms with Crippen molar-refractivity contribution in [3.63, 3.8) is 0 Å². The van der Waals surface area contributed by atoms with E-state index >= 15 is 0 Å². The third-order valence-electron chi connectivity index (χ3n) is 2.91. The molecule has 20 heavy (non-hydrogen) atoms. The van der Waals surface area contributed by atoms with Crippen molar-refractivity contribution in [3.05, 3.63) is 63.9 Å². The number of hydrogen-bond donors (Lipinski definition) is 1. The van der Waals surface area contributed by atoms with E-state index in [-0.39, 0.29) is 5.56 Å². The molecule has 0 spiro atoms. The van der Waals surface area contributed by atoms with Gasteiger partial charge in [0.1, 0.15) is 5.82 Å². The molecule has 0 aromatic heterocycles. The lowest BCUT2D eigenvalue weighted by Crippen LogP contribution is -2.18. The Kier molecular flexibility index (Phi) is 4.39. The highest BCUT2D eigenvalue weighted by Crippen LogP contribution is 2.22. The summed E-state index contributed by atoms with van der Waals surface area (Å²) >= 11 is 3.39. The van der Waals surface area contributed by atoms with Crippen molar-refractivity contribution in [3.8, 4) is 0 Å². The first-order valence-electron chi connectivity index (χ1n) is 5.96. The van der Waals surface area contributed by atoms with E-state index in [9.17, 15) is 9.18 Å². The molecule has 3 nitrogen and oxygen atoms in total. The highest BCUT2D eigenvalue weighted by Gasteiger charge is 2.11. The van der Waals surface area contributed by atoms with Crippen molar-refractivity contribution in [1.29, 1.82) is 0 Å². The summed E-state index contributed by atoms with van der Waals surface area (Å²) in [5, 5.41) is 8.82. The number of carboxylic acid groups (broad SMARTS) is 1. The first kappa shape index (κ1) is 14.5. The van der Waals surface area contributed by atoms with Gasteiger partial charge < -0.3 is 10.0 Å². The van der Waals surface area contributed by atoms with Crippen LogP contribution in [0.4, 0.5) is 10.1 Å². The molecule has 1 N–H and O–H groups in total. The first-order chi connectivity index (χ1) is 9.47. The van der Waals surface area contributed by atoms with Crippen LogP contribution in [0.2, 0.25) is 0 Å². The van der Waals surface area contributed by atoms with Crippen molar-refractivity contribution >= 4 is 27.6 Å². The number of anilines is 1. The van der Waals surface area contributed by atoms with Crippen LogP contribution in [0.15, 0.2) is 46.9 Å². The zero-order chi connectivity index (χ0) is 14.7. The Hall–Kier alpha value is -1.88. The number of aromatic carboxylic acids is 1. The largest absolute Gasteiger partial charge is 0.478 e. The van der Waals surface area contributed by atoms with Gasteiger partial charge in [0.05, 0.1) is 11.3 Å². The Labute approximate surface area is 124 Å². The molecule has 0 atom stereocenters. The number of nitrogens with zero attached hydrogens (tertiary/aromatic N) is 1. The third kappa shape index (κ3) is 3.36. The molecule has 2 rings (SSSR count). The van der Waals surface area contributed by atoms with Gasteiger partial charge >= 0.3 is 5.97 Å². The van der Waals surface area contributed by atoms with E-state index < -0.39 is 11.8 Å². The van der Waals surface area contributed by atoms with Crippen LogP contribution < -0.4 is 4.90 Å². The second-order valence-corrected chi connectivity index (χ2v) is 5.37. The van der Waals surface area contributed by atoms with E-state index in [1.54, 1.807) is 11.9 Å². The fraction of sp³-hybridized carbons (Fsp3) is 0.133. The SMILES string of the molecule is CN(Cc1cccc(Br)c1)c1ccc(C(=O)O)cc1F. The summed E-state index contributed by atoms with van der Waals surface area (Å²) in [7, 11) is 1.76.